The van der Waals surface area contributed by atoms with Crippen molar-refractivity contribution < 1.29 is 8.42 Å². The lowest BCUT2D eigenvalue weighted by Gasteiger charge is -2.41. The van der Waals surface area contributed by atoms with Crippen molar-refractivity contribution in [1.82, 2.24) is 14.5 Å². The van der Waals surface area contributed by atoms with Crippen molar-refractivity contribution >= 4 is 21.4 Å². The molecule has 0 spiro atoms. The number of hydrogen-bond acceptors (Lipinski definition) is 5. The van der Waals surface area contributed by atoms with Crippen LogP contribution >= 0.6 is 11.3 Å². The minimum Gasteiger partial charge on any atom is -0.316 e. The van der Waals surface area contributed by atoms with Crippen molar-refractivity contribution in [3.05, 3.63) is 17.0 Å². The van der Waals surface area contributed by atoms with Gasteiger partial charge in [0.25, 0.3) is 10.0 Å². The summed E-state index contributed by atoms with van der Waals surface area (Å²) in [5.74, 6) is 0. The third-order valence-corrected chi connectivity index (χ3v) is 7.15. The van der Waals surface area contributed by atoms with Crippen molar-refractivity contribution in [2.45, 2.75) is 37.1 Å². The van der Waals surface area contributed by atoms with E-state index in [4.69, 9.17) is 0 Å². The van der Waals surface area contributed by atoms with E-state index >= 15 is 0 Å². The van der Waals surface area contributed by atoms with Gasteiger partial charge >= 0.3 is 0 Å². The highest BCUT2D eigenvalue weighted by Crippen LogP contribution is 2.26. The molecular formula is C14H25N3O2S2. The first kappa shape index (κ1) is 16.9. The Morgan fingerprint density at radius 3 is 2.38 bits per heavy atom. The van der Waals surface area contributed by atoms with Crippen LogP contribution in [0.4, 0.5) is 0 Å². The van der Waals surface area contributed by atoms with E-state index < -0.39 is 10.0 Å². The smallest absolute Gasteiger partial charge is 0.252 e. The minimum atomic E-state index is -3.33. The fourth-order valence-corrected chi connectivity index (χ4v) is 5.30. The van der Waals surface area contributed by atoms with E-state index in [-0.39, 0.29) is 5.54 Å². The molecule has 120 valence electrons. The molecule has 0 aromatic carbocycles. The quantitative estimate of drug-likeness (QED) is 0.910. The highest BCUT2D eigenvalue weighted by molar-refractivity contribution is 7.91. The Labute approximate surface area is 132 Å². The van der Waals surface area contributed by atoms with Gasteiger partial charge < -0.3 is 5.32 Å². The van der Waals surface area contributed by atoms with E-state index in [1.54, 1.807) is 10.4 Å². The summed E-state index contributed by atoms with van der Waals surface area (Å²) >= 11 is 1.31. The van der Waals surface area contributed by atoms with E-state index in [1.165, 1.54) is 11.3 Å². The molecule has 0 atom stereocenters. The SMILES string of the molecule is CNCc1csc(S(=O)(=O)N2CCN(C(C)(C)C)CC2)c1. The first-order chi connectivity index (χ1) is 9.75. The number of rotatable bonds is 4. The molecule has 2 heterocycles. The van der Waals surface area contributed by atoms with Crippen molar-refractivity contribution in [2.75, 3.05) is 33.2 Å². The molecule has 0 amide bonds. The van der Waals surface area contributed by atoms with Crippen LogP contribution in [0.25, 0.3) is 0 Å². The van der Waals surface area contributed by atoms with E-state index in [0.717, 1.165) is 18.7 Å². The highest BCUT2D eigenvalue weighted by Gasteiger charge is 2.32. The molecule has 0 unspecified atom stereocenters. The van der Waals surface area contributed by atoms with Crippen LogP contribution in [0.3, 0.4) is 0 Å². The van der Waals surface area contributed by atoms with Crippen LogP contribution in [0.2, 0.25) is 0 Å². The summed E-state index contributed by atoms with van der Waals surface area (Å²) in [4.78, 5) is 2.33. The van der Waals surface area contributed by atoms with Crippen LogP contribution in [0, 0.1) is 0 Å². The first-order valence-electron chi connectivity index (χ1n) is 7.22. The van der Waals surface area contributed by atoms with Gasteiger partial charge in [0.1, 0.15) is 4.21 Å². The average molecular weight is 332 g/mol. The van der Waals surface area contributed by atoms with Crippen molar-refractivity contribution in [1.29, 1.82) is 0 Å². The monoisotopic (exact) mass is 331 g/mol. The Morgan fingerprint density at radius 1 is 1.24 bits per heavy atom. The lowest BCUT2D eigenvalue weighted by Crippen LogP contribution is -2.54. The predicted molar refractivity (Wildman–Crippen MR) is 87.2 cm³/mol. The first-order valence-corrected chi connectivity index (χ1v) is 9.54. The molecule has 21 heavy (non-hydrogen) atoms. The van der Waals surface area contributed by atoms with Gasteiger partial charge in [-0.3, -0.25) is 4.90 Å². The van der Waals surface area contributed by atoms with Gasteiger partial charge in [-0.25, -0.2) is 8.42 Å². The van der Waals surface area contributed by atoms with E-state index in [2.05, 4.69) is 31.0 Å². The molecule has 5 nitrogen and oxygen atoms in total. The molecule has 0 radical (unpaired) electrons. The molecule has 1 saturated heterocycles. The third kappa shape index (κ3) is 3.84. The highest BCUT2D eigenvalue weighted by atomic mass is 32.2. The van der Waals surface area contributed by atoms with Crippen LogP contribution in [-0.4, -0.2) is 56.4 Å². The van der Waals surface area contributed by atoms with E-state index in [1.807, 2.05) is 12.4 Å². The van der Waals surface area contributed by atoms with Gasteiger partial charge in [0.15, 0.2) is 0 Å². The Morgan fingerprint density at radius 2 is 1.86 bits per heavy atom. The molecule has 1 aliphatic heterocycles. The van der Waals surface area contributed by atoms with Crippen molar-refractivity contribution in [3.8, 4) is 0 Å². The molecule has 1 N–H and O–H groups in total. The van der Waals surface area contributed by atoms with Gasteiger partial charge in [0, 0.05) is 38.3 Å². The molecule has 7 heteroatoms. The number of thiophene rings is 1. The number of nitrogens with one attached hydrogen (secondary N) is 1. The maximum Gasteiger partial charge on any atom is 0.252 e. The van der Waals surface area contributed by atoms with Crippen LogP contribution in [0.5, 0.6) is 0 Å². The summed E-state index contributed by atoms with van der Waals surface area (Å²) in [5.41, 5.74) is 1.12. The Balaban J connectivity index is 2.07. The number of nitrogens with zero attached hydrogens (tertiary/aromatic N) is 2. The van der Waals surface area contributed by atoms with Gasteiger partial charge in [-0.1, -0.05) is 0 Å². The second-order valence-electron chi connectivity index (χ2n) is 6.37. The standard InChI is InChI=1S/C14H25N3O2S2/c1-14(2,3)16-5-7-17(8-6-16)21(18,19)13-9-12(10-15-4)11-20-13/h9,11,15H,5-8,10H2,1-4H3. The Bertz CT molecular complexity index is 567. The van der Waals surface area contributed by atoms with Crippen molar-refractivity contribution in [3.63, 3.8) is 0 Å². The summed E-state index contributed by atoms with van der Waals surface area (Å²) < 4.78 is 27.4. The number of sulfonamides is 1. The molecule has 1 aromatic rings. The maximum absolute atomic E-state index is 12.7. The van der Waals surface area contributed by atoms with E-state index in [0.29, 0.717) is 23.8 Å². The molecule has 1 fully saturated rings. The molecule has 0 saturated carbocycles. The Hall–Kier alpha value is -0.470. The summed E-state index contributed by atoms with van der Waals surface area (Å²) in [5, 5.41) is 4.95. The fraction of sp³-hybridized carbons (Fsp3) is 0.714. The number of piperazine rings is 1. The molecule has 2 rings (SSSR count). The van der Waals surface area contributed by atoms with Gasteiger partial charge in [0.2, 0.25) is 0 Å². The van der Waals surface area contributed by atoms with Gasteiger partial charge in [-0.15, -0.1) is 11.3 Å². The molecule has 0 aliphatic carbocycles. The Kier molecular flexibility index (Phi) is 5.10. The van der Waals surface area contributed by atoms with Crippen molar-refractivity contribution in [2.24, 2.45) is 0 Å². The second-order valence-corrected chi connectivity index (χ2v) is 9.44. The maximum atomic E-state index is 12.7. The third-order valence-electron chi connectivity index (χ3n) is 3.79. The largest absolute Gasteiger partial charge is 0.316 e. The van der Waals surface area contributed by atoms with E-state index in [9.17, 15) is 8.42 Å². The summed E-state index contributed by atoms with van der Waals surface area (Å²) in [6.45, 7) is 9.91. The summed E-state index contributed by atoms with van der Waals surface area (Å²) in [6, 6.07) is 1.78. The summed E-state index contributed by atoms with van der Waals surface area (Å²) in [7, 11) is -1.47. The normalized spacial score (nSPS) is 19.0. The van der Waals surface area contributed by atoms with Gasteiger partial charge in [0.05, 0.1) is 0 Å². The zero-order valence-corrected chi connectivity index (χ0v) is 14.9. The van der Waals surface area contributed by atoms with Crippen LogP contribution in [-0.2, 0) is 16.6 Å². The summed E-state index contributed by atoms with van der Waals surface area (Å²) in [6.07, 6.45) is 0. The van der Waals surface area contributed by atoms with Gasteiger partial charge in [-0.05, 0) is 44.8 Å². The van der Waals surface area contributed by atoms with Gasteiger partial charge in [-0.2, -0.15) is 4.31 Å². The molecular weight excluding hydrogens is 306 g/mol. The number of hydrogen-bond donors (Lipinski definition) is 1. The minimum absolute atomic E-state index is 0.0960. The molecule has 1 aliphatic rings. The second kappa shape index (κ2) is 6.34. The zero-order chi connectivity index (χ0) is 15.7. The topological polar surface area (TPSA) is 52.7 Å². The van der Waals surface area contributed by atoms with Crippen LogP contribution in [0.1, 0.15) is 26.3 Å². The lowest BCUT2D eigenvalue weighted by atomic mass is 10.1. The van der Waals surface area contributed by atoms with Crippen LogP contribution in [0.15, 0.2) is 15.7 Å². The molecule has 0 bridgehead atoms. The average Bonchev–Trinajstić information content (AvgIpc) is 2.88. The lowest BCUT2D eigenvalue weighted by molar-refractivity contribution is 0.0922. The fourth-order valence-electron chi connectivity index (χ4n) is 2.51. The predicted octanol–water partition coefficient (Wildman–Crippen LogP) is 1.57. The zero-order valence-electron chi connectivity index (χ0n) is 13.2. The molecule has 1 aromatic heterocycles. The van der Waals surface area contributed by atoms with Crippen LogP contribution < -0.4 is 5.32 Å².